The number of hydrogen-bond acceptors (Lipinski definition) is 4. The number of amides is 1. The van der Waals surface area contributed by atoms with Gasteiger partial charge in [-0.25, -0.2) is 0 Å². The molecule has 5 heteroatoms. The van der Waals surface area contributed by atoms with E-state index in [1.165, 1.54) is 0 Å². The van der Waals surface area contributed by atoms with Crippen LogP contribution in [0.15, 0.2) is 48.5 Å². The third-order valence-electron chi connectivity index (χ3n) is 4.07. The summed E-state index contributed by atoms with van der Waals surface area (Å²) in [6.45, 7) is 2.28. The van der Waals surface area contributed by atoms with E-state index in [4.69, 9.17) is 9.47 Å². The Morgan fingerprint density at radius 2 is 1.68 bits per heavy atom. The van der Waals surface area contributed by atoms with Gasteiger partial charge in [-0.15, -0.1) is 0 Å². The second kappa shape index (κ2) is 7.21. The van der Waals surface area contributed by atoms with E-state index in [0.717, 1.165) is 28.0 Å². The molecule has 5 nitrogen and oxygen atoms in total. The number of rotatable bonds is 5. The quantitative estimate of drug-likeness (QED) is 0.775. The van der Waals surface area contributed by atoms with Crippen LogP contribution in [-0.2, 0) is 6.54 Å². The van der Waals surface area contributed by atoms with Gasteiger partial charge in [-0.2, -0.15) is 0 Å². The fourth-order valence-corrected chi connectivity index (χ4v) is 2.63. The largest absolute Gasteiger partial charge is 0.497 e. The number of aromatic nitrogens is 1. The van der Waals surface area contributed by atoms with Gasteiger partial charge in [0.25, 0.3) is 5.91 Å². The number of carbonyl (C=O) groups excluding carboxylic acids is 1. The number of hydrogen-bond donors (Lipinski definition) is 1. The minimum Gasteiger partial charge on any atom is -0.497 e. The van der Waals surface area contributed by atoms with E-state index in [0.29, 0.717) is 17.8 Å². The molecule has 0 atom stereocenters. The SMILES string of the molecule is COc1ccc(CNC(=O)c2cc3cc(OC)ccc3nc2C)cc1. The maximum absolute atomic E-state index is 12.6. The molecule has 2 aromatic carbocycles. The predicted octanol–water partition coefficient (Wildman–Crippen LogP) is 3.49. The number of carbonyl (C=O) groups is 1. The van der Waals surface area contributed by atoms with Crippen molar-refractivity contribution in [3.05, 3.63) is 65.4 Å². The molecule has 25 heavy (non-hydrogen) atoms. The van der Waals surface area contributed by atoms with Gasteiger partial charge < -0.3 is 14.8 Å². The van der Waals surface area contributed by atoms with E-state index in [9.17, 15) is 4.79 Å². The van der Waals surface area contributed by atoms with E-state index >= 15 is 0 Å². The molecule has 3 rings (SSSR count). The Hall–Kier alpha value is -3.08. The van der Waals surface area contributed by atoms with Crippen molar-refractivity contribution in [2.24, 2.45) is 0 Å². The lowest BCUT2D eigenvalue weighted by Gasteiger charge is -2.10. The maximum atomic E-state index is 12.6. The van der Waals surface area contributed by atoms with E-state index in [1.807, 2.05) is 55.5 Å². The van der Waals surface area contributed by atoms with E-state index in [1.54, 1.807) is 14.2 Å². The number of methoxy groups -OCH3 is 2. The van der Waals surface area contributed by atoms with Crippen molar-refractivity contribution >= 4 is 16.8 Å². The van der Waals surface area contributed by atoms with Crippen LogP contribution in [0.5, 0.6) is 11.5 Å². The summed E-state index contributed by atoms with van der Waals surface area (Å²) in [5.74, 6) is 1.38. The van der Waals surface area contributed by atoms with E-state index in [-0.39, 0.29) is 5.91 Å². The standard InChI is InChI=1S/C20H20N2O3/c1-13-18(11-15-10-17(25-3)8-9-19(15)22-13)20(23)21-12-14-4-6-16(24-2)7-5-14/h4-11H,12H2,1-3H3,(H,21,23). The van der Waals surface area contributed by atoms with Crippen LogP contribution in [0.1, 0.15) is 21.6 Å². The normalized spacial score (nSPS) is 10.5. The molecule has 0 radical (unpaired) electrons. The summed E-state index contributed by atoms with van der Waals surface area (Å²) in [4.78, 5) is 17.1. The van der Waals surface area contributed by atoms with E-state index < -0.39 is 0 Å². The molecule has 0 unspecified atom stereocenters. The summed E-state index contributed by atoms with van der Waals surface area (Å²) in [5.41, 5.74) is 3.10. The molecule has 1 aromatic heterocycles. The fourth-order valence-electron chi connectivity index (χ4n) is 2.63. The van der Waals surface area contributed by atoms with Crippen molar-refractivity contribution in [3.8, 4) is 11.5 Å². The first-order valence-corrected chi connectivity index (χ1v) is 7.97. The molecule has 0 fully saturated rings. The lowest BCUT2D eigenvalue weighted by molar-refractivity contribution is 0.0950. The van der Waals surface area contributed by atoms with Crippen molar-refractivity contribution in [2.45, 2.75) is 13.5 Å². The first kappa shape index (κ1) is 16.8. The molecule has 1 N–H and O–H groups in total. The number of aryl methyl sites for hydroxylation is 1. The molecular weight excluding hydrogens is 316 g/mol. The van der Waals surface area contributed by atoms with Gasteiger partial charge in [0.15, 0.2) is 0 Å². The lowest BCUT2D eigenvalue weighted by Crippen LogP contribution is -2.24. The number of fused-ring (bicyclic) bond motifs is 1. The molecule has 1 amide bonds. The molecule has 0 aliphatic rings. The van der Waals surface area contributed by atoms with Gasteiger partial charge in [0.05, 0.1) is 31.0 Å². The molecule has 0 saturated carbocycles. The van der Waals surface area contributed by atoms with Crippen LogP contribution in [-0.4, -0.2) is 25.1 Å². The molecule has 128 valence electrons. The fraction of sp³-hybridized carbons (Fsp3) is 0.200. The number of ether oxygens (including phenoxy) is 2. The zero-order chi connectivity index (χ0) is 17.8. The van der Waals surface area contributed by atoms with Gasteiger partial charge in [0, 0.05) is 11.9 Å². The summed E-state index contributed by atoms with van der Waals surface area (Å²) in [6.07, 6.45) is 0. The molecule has 0 aliphatic carbocycles. The number of nitrogens with zero attached hydrogens (tertiary/aromatic N) is 1. The summed E-state index contributed by atoms with van der Waals surface area (Å²) in [6, 6.07) is 15.1. The second-order valence-corrected chi connectivity index (χ2v) is 5.71. The van der Waals surface area contributed by atoms with Crippen LogP contribution in [0, 0.1) is 6.92 Å². The monoisotopic (exact) mass is 336 g/mol. The van der Waals surface area contributed by atoms with Crippen molar-refractivity contribution in [1.29, 1.82) is 0 Å². The van der Waals surface area contributed by atoms with E-state index in [2.05, 4.69) is 10.3 Å². The van der Waals surface area contributed by atoms with Crippen LogP contribution < -0.4 is 14.8 Å². The smallest absolute Gasteiger partial charge is 0.253 e. The van der Waals surface area contributed by atoms with Gasteiger partial charge in [-0.1, -0.05) is 12.1 Å². The zero-order valence-corrected chi connectivity index (χ0v) is 14.5. The Bertz CT molecular complexity index is 905. The van der Waals surface area contributed by atoms with Crippen molar-refractivity contribution in [3.63, 3.8) is 0 Å². The summed E-state index contributed by atoms with van der Waals surface area (Å²) in [7, 11) is 3.24. The minimum atomic E-state index is -0.148. The first-order valence-electron chi connectivity index (χ1n) is 7.97. The highest BCUT2D eigenvalue weighted by atomic mass is 16.5. The molecule has 3 aromatic rings. The van der Waals surface area contributed by atoms with Crippen molar-refractivity contribution in [1.82, 2.24) is 10.3 Å². The van der Waals surface area contributed by atoms with Gasteiger partial charge >= 0.3 is 0 Å². The van der Waals surface area contributed by atoms with Gasteiger partial charge in [0.2, 0.25) is 0 Å². The van der Waals surface area contributed by atoms with Crippen LogP contribution >= 0.6 is 0 Å². The predicted molar refractivity (Wildman–Crippen MR) is 97.2 cm³/mol. The number of benzene rings is 2. The summed E-state index contributed by atoms with van der Waals surface area (Å²) in [5, 5.41) is 3.81. The van der Waals surface area contributed by atoms with Crippen LogP contribution in [0.4, 0.5) is 0 Å². The second-order valence-electron chi connectivity index (χ2n) is 5.71. The Balaban J connectivity index is 1.79. The minimum absolute atomic E-state index is 0.148. The third kappa shape index (κ3) is 3.71. The van der Waals surface area contributed by atoms with Crippen molar-refractivity contribution < 1.29 is 14.3 Å². The summed E-state index contributed by atoms with van der Waals surface area (Å²) >= 11 is 0. The topological polar surface area (TPSA) is 60.5 Å². The Kier molecular flexibility index (Phi) is 4.84. The Morgan fingerprint density at radius 1 is 1.00 bits per heavy atom. The highest BCUT2D eigenvalue weighted by molar-refractivity contribution is 5.98. The highest BCUT2D eigenvalue weighted by Gasteiger charge is 2.12. The van der Waals surface area contributed by atoms with Gasteiger partial charge in [-0.3, -0.25) is 9.78 Å². The van der Waals surface area contributed by atoms with Gasteiger partial charge in [-0.05, 0) is 48.9 Å². The third-order valence-corrected chi connectivity index (χ3v) is 4.07. The van der Waals surface area contributed by atoms with Crippen LogP contribution in [0.2, 0.25) is 0 Å². The van der Waals surface area contributed by atoms with Crippen LogP contribution in [0.3, 0.4) is 0 Å². The maximum Gasteiger partial charge on any atom is 0.253 e. The molecule has 0 bridgehead atoms. The average Bonchev–Trinajstić information content (AvgIpc) is 2.65. The zero-order valence-electron chi connectivity index (χ0n) is 14.5. The van der Waals surface area contributed by atoms with Crippen molar-refractivity contribution in [2.75, 3.05) is 14.2 Å². The van der Waals surface area contributed by atoms with Crippen LogP contribution in [0.25, 0.3) is 10.9 Å². The molecule has 0 aliphatic heterocycles. The lowest BCUT2D eigenvalue weighted by atomic mass is 10.1. The molecular formula is C20H20N2O3. The molecule has 0 spiro atoms. The molecule has 1 heterocycles. The van der Waals surface area contributed by atoms with Gasteiger partial charge in [0.1, 0.15) is 11.5 Å². The Morgan fingerprint density at radius 3 is 2.36 bits per heavy atom. The number of nitrogens with one attached hydrogen (secondary N) is 1. The highest BCUT2D eigenvalue weighted by Crippen LogP contribution is 2.22. The number of pyridine rings is 1. The Labute approximate surface area is 146 Å². The summed E-state index contributed by atoms with van der Waals surface area (Å²) < 4.78 is 10.4. The molecule has 0 saturated heterocycles. The first-order chi connectivity index (χ1) is 12.1. The average molecular weight is 336 g/mol.